The summed E-state index contributed by atoms with van der Waals surface area (Å²) in [4.78, 5) is 0. The monoisotopic (exact) mass is 239 g/mol. The van der Waals surface area contributed by atoms with Gasteiger partial charge in [0, 0.05) is 23.0 Å². The molecule has 86 valence electrons. The van der Waals surface area contributed by atoms with Crippen LogP contribution in [0, 0.1) is 17.7 Å². The summed E-state index contributed by atoms with van der Waals surface area (Å²) in [6.45, 7) is 1.80. The van der Waals surface area contributed by atoms with Gasteiger partial charge in [-0.3, -0.25) is 0 Å². The normalized spacial score (nSPS) is 11.8. The van der Waals surface area contributed by atoms with Crippen LogP contribution in [0.2, 0.25) is 5.02 Å². The quantitative estimate of drug-likeness (QED) is 0.793. The molecule has 1 atom stereocenters. The Balaban J connectivity index is 2.84. The first-order valence-electron chi connectivity index (χ1n) is 5.21. The van der Waals surface area contributed by atoms with Gasteiger partial charge >= 0.3 is 0 Å². The Morgan fingerprint density at radius 1 is 1.50 bits per heavy atom. The summed E-state index contributed by atoms with van der Waals surface area (Å²) in [5, 5.41) is 3.63. The lowest BCUT2D eigenvalue weighted by Gasteiger charge is -2.16. The fraction of sp³-hybridized carbons (Fsp3) is 0.385. The minimum Gasteiger partial charge on any atom is -0.313 e. The van der Waals surface area contributed by atoms with Gasteiger partial charge in [-0.2, -0.15) is 0 Å². The van der Waals surface area contributed by atoms with Crippen molar-refractivity contribution in [2.24, 2.45) is 0 Å². The van der Waals surface area contributed by atoms with Crippen molar-refractivity contribution in [3.05, 3.63) is 34.6 Å². The van der Waals surface area contributed by atoms with Crippen LogP contribution in [0.1, 0.15) is 31.4 Å². The van der Waals surface area contributed by atoms with Gasteiger partial charge in [-0.25, -0.2) is 4.39 Å². The van der Waals surface area contributed by atoms with E-state index in [0.29, 0.717) is 10.6 Å². The Labute approximate surface area is 101 Å². The molecule has 16 heavy (non-hydrogen) atoms. The smallest absolute Gasteiger partial charge is 0.128 e. The Kier molecular flexibility index (Phi) is 5.31. The van der Waals surface area contributed by atoms with Crippen LogP contribution in [-0.4, -0.2) is 7.05 Å². The Morgan fingerprint density at radius 3 is 2.88 bits per heavy atom. The molecule has 0 radical (unpaired) electrons. The number of hydrogen-bond donors (Lipinski definition) is 1. The number of rotatable bonds is 4. The average Bonchev–Trinajstić information content (AvgIpc) is 2.28. The van der Waals surface area contributed by atoms with E-state index in [1.54, 1.807) is 19.1 Å². The third-order valence-corrected chi connectivity index (χ3v) is 2.65. The van der Waals surface area contributed by atoms with Gasteiger partial charge in [0.25, 0.3) is 0 Å². The molecule has 0 aromatic heterocycles. The summed E-state index contributed by atoms with van der Waals surface area (Å²) in [6, 6.07) is 4.57. The SMILES string of the molecule is CC#CCCC(NC)c1cc(Cl)ccc1F. The molecule has 1 nitrogen and oxygen atoms in total. The largest absolute Gasteiger partial charge is 0.313 e. The van der Waals surface area contributed by atoms with Crippen molar-refractivity contribution in [2.75, 3.05) is 7.05 Å². The maximum Gasteiger partial charge on any atom is 0.128 e. The fourth-order valence-corrected chi connectivity index (χ4v) is 1.76. The van der Waals surface area contributed by atoms with Crippen molar-refractivity contribution in [1.82, 2.24) is 5.32 Å². The first-order valence-corrected chi connectivity index (χ1v) is 5.58. The molecule has 0 spiro atoms. The highest BCUT2D eigenvalue weighted by atomic mass is 35.5. The Morgan fingerprint density at radius 2 is 2.25 bits per heavy atom. The molecule has 3 heteroatoms. The highest BCUT2D eigenvalue weighted by Gasteiger charge is 2.13. The highest BCUT2D eigenvalue weighted by molar-refractivity contribution is 6.30. The maximum absolute atomic E-state index is 13.6. The number of halogens is 2. The van der Waals surface area contributed by atoms with E-state index in [1.807, 2.05) is 7.05 Å². The van der Waals surface area contributed by atoms with E-state index in [-0.39, 0.29) is 11.9 Å². The third kappa shape index (κ3) is 3.52. The van der Waals surface area contributed by atoms with Crippen LogP contribution in [0.5, 0.6) is 0 Å². The molecule has 0 saturated heterocycles. The van der Waals surface area contributed by atoms with Gasteiger partial charge in [0.15, 0.2) is 0 Å². The molecular formula is C13H15ClFN. The van der Waals surface area contributed by atoms with Crippen LogP contribution >= 0.6 is 11.6 Å². The summed E-state index contributed by atoms with van der Waals surface area (Å²) in [5.74, 6) is 5.57. The van der Waals surface area contributed by atoms with Crippen molar-refractivity contribution in [2.45, 2.75) is 25.8 Å². The molecule has 1 aromatic rings. The summed E-state index contributed by atoms with van der Waals surface area (Å²) < 4.78 is 13.6. The molecule has 0 aliphatic carbocycles. The van der Waals surface area contributed by atoms with E-state index in [4.69, 9.17) is 11.6 Å². The van der Waals surface area contributed by atoms with Gasteiger partial charge in [0.05, 0.1) is 0 Å². The Hall–Kier alpha value is -1.04. The number of hydrogen-bond acceptors (Lipinski definition) is 1. The molecule has 0 aliphatic rings. The zero-order chi connectivity index (χ0) is 12.0. The van der Waals surface area contributed by atoms with Crippen molar-refractivity contribution in [3.8, 4) is 11.8 Å². The van der Waals surface area contributed by atoms with Gasteiger partial charge in [0.1, 0.15) is 5.82 Å². The second kappa shape index (κ2) is 6.52. The lowest BCUT2D eigenvalue weighted by molar-refractivity contribution is 0.514. The highest BCUT2D eigenvalue weighted by Crippen LogP contribution is 2.24. The van der Waals surface area contributed by atoms with Crippen LogP contribution in [0.3, 0.4) is 0 Å². The molecule has 1 rings (SSSR count). The van der Waals surface area contributed by atoms with Gasteiger partial charge in [-0.05, 0) is 38.6 Å². The van der Waals surface area contributed by atoms with Crippen LogP contribution in [-0.2, 0) is 0 Å². The van der Waals surface area contributed by atoms with E-state index in [0.717, 1.165) is 12.8 Å². The predicted octanol–water partition coefficient (Wildman–Crippen LogP) is 3.54. The average molecular weight is 240 g/mol. The molecule has 1 aromatic carbocycles. The lowest BCUT2D eigenvalue weighted by Crippen LogP contribution is -2.17. The molecule has 0 heterocycles. The van der Waals surface area contributed by atoms with Crippen molar-refractivity contribution in [3.63, 3.8) is 0 Å². The molecule has 0 saturated carbocycles. The molecule has 1 unspecified atom stereocenters. The minimum absolute atomic E-state index is 0.0421. The van der Waals surface area contributed by atoms with E-state index in [2.05, 4.69) is 17.2 Å². The molecule has 0 fully saturated rings. The summed E-state index contributed by atoms with van der Waals surface area (Å²) in [6.07, 6.45) is 1.52. The summed E-state index contributed by atoms with van der Waals surface area (Å²) in [5.41, 5.74) is 0.605. The van der Waals surface area contributed by atoms with Crippen LogP contribution < -0.4 is 5.32 Å². The zero-order valence-corrected chi connectivity index (χ0v) is 10.2. The van der Waals surface area contributed by atoms with Crippen LogP contribution in [0.15, 0.2) is 18.2 Å². The van der Waals surface area contributed by atoms with Crippen LogP contribution in [0.25, 0.3) is 0 Å². The van der Waals surface area contributed by atoms with Crippen molar-refractivity contribution in [1.29, 1.82) is 0 Å². The standard InChI is InChI=1S/C13H15ClFN/c1-3-4-5-6-13(16-2)11-9-10(14)7-8-12(11)15/h7-9,13,16H,5-6H2,1-2H3. The Bertz CT molecular complexity index is 406. The maximum atomic E-state index is 13.6. The van der Waals surface area contributed by atoms with E-state index >= 15 is 0 Å². The second-order valence-electron chi connectivity index (χ2n) is 3.47. The first kappa shape index (κ1) is 13.0. The van der Waals surface area contributed by atoms with Gasteiger partial charge in [0.2, 0.25) is 0 Å². The fourth-order valence-electron chi connectivity index (χ4n) is 1.58. The third-order valence-electron chi connectivity index (χ3n) is 2.42. The summed E-state index contributed by atoms with van der Waals surface area (Å²) in [7, 11) is 1.81. The molecule has 0 aliphatic heterocycles. The van der Waals surface area contributed by atoms with Gasteiger partial charge in [-0.15, -0.1) is 11.8 Å². The van der Waals surface area contributed by atoms with E-state index < -0.39 is 0 Å². The summed E-state index contributed by atoms with van der Waals surface area (Å²) >= 11 is 5.86. The molecular weight excluding hydrogens is 225 g/mol. The van der Waals surface area contributed by atoms with E-state index in [1.165, 1.54) is 6.07 Å². The lowest BCUT2D eigenvalue weighted by atomic mass is 10.0. The van der Waals surface area contributed by atoms with E-state index in [9.17, 15) is 4.39 Å². The van der Waals surface area contributed by atoms with Crippen LogP contribution in [0.4, 0.5) is 4.39 Å². The minimum atomic E-state index is -0.229. The van der Waals surface area contributed by atoms with Gasteiger partial charge in [-0.1, -0.05) is 11.6 Å². The topological polar surface area (TPSA) is 12.0 Å². The molecule has 1 N–H and O–H groups in total. The second-order valence-corrected chi connectivity index (χ2v) is 3.91. The van der Waals surface area contributed by atoms with Crippen molar-refractivity contribution >= 4 is 11.6 Å². The number of nitrogens with one attached hydrogen (secondary N) is 1. The molecule has 0 amide bonds. The van der Waals surface area contributed by atoms with Gasteiger partial charge < -0.3 is 5.32 Å². The van der Waals surface area contributed by atoms with Crippen molar-refractivity contribution < 1.29 is 4.39 Å². The molecule has 0 bridgehead atoms. The predicted molar refractivity (Wildman–Crippen MR) is 65.9 cm³/mol. The number of benzene rings is 1. The zero-order valence-electron chi connectivity index (χ0n) is 9.48. The first-order chi connectivity index (χ1) is 7.69.